The van der Waals surface area contributed by atoms with Crippen LogP contribution in [0.25, 0.3) is 0 Å². The van der Waals surface area contributed by atoms with Gasteiger partial charge in [-0.25, -0.2) is 0 Å². The molecule has 0 saturated heterocycles. The number of hydrogen-bond acceptors (Lipinski definition) is 3. The van der Waals surface area contributed by atoms with Crippen LogP contribution in [0.4, 0.5) is 0 Å². The van der Waals surface area contributed by atoms with Crippen molar-refractivity contribution >= 4 is 0 Å². The summed E-state index contributed by atoms with van der Waals surface area (Å²) in [6.45, 7) is 7.57. The zero-order valence-electron chi connectivity index (χ0n) is 9.59. The maximum absolute atomic E-state index is 9.00. The number of nitrogens with one attached hydrogen (secondary N) is 1. The van der Waals surface area contributed by atoms with Crippen molar-refractivity contribution in [3.63, 3.8) is 0 Å². The summed E-state index contributed by atoms with van der Waals surface area (Å²) in [5.41, 5.74) is 0. The Kier molecular flexibility index (Phi) is 10.9. The minimum Gasteiger partial charge on any atom is -0.393 e. The van der Waals surface area contributed by atoms with Crippen LogP contribution in [-0.2, 0) is 4.74 Å². The molecule has 3 nitrogen and oxygen atoms in total. The third-order valence-corrected chi connectivity index (χ3v) is 2.04. The number of aliphatic hydroxyl groups excluding tert-OH is 1. The van der Waals surface area contributed by atoms with Crippen molar-refractivity contribution in [2.45, 2.75) is 45.6 Å². The number of ether oxygens (including phenoxy) is 1. The molecule has 0 aliphatic heterocycles. The Hall–Kier alpha value is -0.120. The van der Waals surface area contributed by atoms with E-state index in [0.717, 1.165) is 45.6 Å². The van der Waals surface area contributed by atoms with E-state index >= 15 is 0 Å². The predicted octanol–water partition coefficient (Wildman–Crippen LogP) is 1.55. The zero-order chi connectivity index (χ0) is 10.6. The van der Waals surface area contributed by atoms with E-state index in [2.05, 4.69) is 12.2 Å². The Morgan fingerprint density at radius 3 is 2.64 bits per heavy atom. The lowest BCUT2D eigenvalue weighted by molar-refractivity contribution is 0.132. The topological polar surface area (TPSA) is 41.5 Å². The van der Waals surface area contributed by atoms with E-state index in [-0.39, 0.29) is 6.10 Å². The molecule has 1 atom stereocenters. The molecule has 3 heteroatoms. The van der Waals surface area contributed by atoms with Crippen LogP contribution in [0.5, 0.6) is 0 Å². The summed E-state index contributed by atoms with van der Waals surface area (Å²) in [5.74, 6) is 0. The van der Waals surface area contributed by atoms with Crippen molar-refractivity contribution in [2.24, 2.45) is 0 Å². The van der Waals surface area contributed by atoms with Crippen molar-refractivity contribution in [3.8, 4) is 0 Å². The lowest BCUT2D eigenvalue weighted by Crippen LogP contribution is -2.21. The molecule has 0 heterocycles. The van der Waals surface area contributed by atoms with Crippen LogP contribution >= 0.6 is 0 Å². The first kappa shape index (κ1) is 13.9. The van der Waals surface area contributed by atoms with Crippen molar-refractivity contribution in [3.05, 3.63) is 0 Å². The second-order valence-electron chi connectivity index (χ2n) is 3.71. The highest BCUT2D eigenvalue weighted by molar-refractivity contribution is 4.51. The van der Waals surface area contributed by atoms with Crippen LogP contribution in [0.2, 0.25) is 0 Å². The minimum atomic E-state index is -0.169. The third-order valence-electron chi connectivity index (χ3n) is 2.04. The molecule has 0 amide bonds. The quantitative estimate of drug-likeness (QED) is 0.529. The Morgan fingerprint density at radius 2 is 2.00 bits per heavy atom. The predicted molar refractivity (Wildman–Crippen MR) is 59.5 cm³/mol. The van der Waals surface area contributed by atoms with Gasteiger partial charge in [-0.15, -0.1) is 0 Å². The maximum atomic E-state index is 9.00. The highest BCUT2D eigenvalue weighted by Gasteiger charge is 1.94. The first-order valence-corrected chi connectivity index (χ1v) is 5.74. The molecule has 86 valence electrons. The Morgan fingerprint density at radius 1 is 1.21 bits per heavy atom. The molecule has 0 aromatic rings. The zero-order valence-corrected chi connectivity index (χ0v) is 9.59. The third kappa shape index (κ3) is 11.9. The molecule has 1 unspecified atom stereocenters. The molecule has 0 bridgehead atoms. The first-order valence-electron chi connectivity index (χ1n) is 5.74. The fourth-order valence-corrected chi connectivity index (χ4v) is 1.14. The van der Waals surface area contributed by atoms with E-state index in [9.17, 15) is 0 Å². The number of hydrogen-bond donors (Lipinski definition) is 2. The van der Waals surface area contributed by atoms with Gasteiger partial charge in [0, 0.05) is 13.2 Å². The summed E-state index contributed by atoms with van der Waals surface area (Å²) in [4.78, 5) is 0. The summed E-state index contributed by atoms with van der Waals surface area (Å²) in [5, 5.41) is 12.3. The molecule has 14 heavy (non-hydrogen) atoms. The number of aliphatic hydroxyl groups is 1. The van der Waals surface area contributed by atoms with E-state index in [4.69, 9.17) is 9.84 Å². The average Bonchev–Trinajstić information content (AvgIpc) is 2.15. The highest BCUT2D eigenvalue weighted by Crippen LogP contribution is 1.93. The van der Waals surface area contributed by atoms with Gasteiger partial charge in [-0.2, -0.15) is 0 Å². The molecule has 0 aromatic heterocycles. The van der Waals surface area contributed by atoms with Crippen LogP contribution in [0, 0.1) is 0 Å². The van der Waals surface area contributed by atoms with Crippen molar-refractivity contribution in [2.75, 3.05) is 26.3 Å². The van der Waals surface area contributed by atoms with Crippen LogP contribution in [0.15, 0.2) is 0 Å². The monoisotopic (exact) mass is 203 g/mol. The van der Waals surface area contributed by atoms with Gasteiger partial charge in [-0.05, 0) is 32.7 Å². The van der Waals surface area contributed by atoms with Gasteiger partial charge in [-0.1, -0.05) is 13.3 Å². The summed E-state index contributed by atoms with van der Waals surface area (Å²) in [6.07, 6.45) is 4.10. The molecule has 2 N–H and O–H groups in total. The molecular weight excluding hydrogens is 178 g/mol. The standard InChI is InChI=1S/C11H25NO2/c1-3-4-9-14-10-8-12-7-5-6-11(2)13/h11-13H,3-10H2,1-2H3. The van der Waals surface area contributed by atoms with Crippen LogP contribution < -0.4 is 5.32 Å². The lowest BCUT2D eigenvalue weighted by atomic mass is 10.2. The van der Waals surface area contributed by atoms with Gasteiger partial charge in [0.1, 0.15) is 0 Å². The summed E-state index contributed by atoms with van der Waals surface area (Å²) < 4.78 is 5.39. The fourth-order valence-electron chi connectivity index (χ4n) is 1.14. The van der Waals surface area contributed by atoms with Crippen LogP contribution in [0.3, 0.4) is 0 Å². The molecule has 0 aromatic carbocycles. The van der Waals surface area contributed by atoms with E-state index < -0.39 is 0 Å². The number of unbranched alkanes of at least 4 members (excludes halogenated alkanes) is 1. The van der Waals surface area contributed by atoms with Crippen molar-refractivity contribution < 1.29 is 9.84 Å². The molecule has 0 fully saturated rings. The molecule has 0 radical (unpaired) electrons. The normalized spacial score (nSPS) is 13.1. The second kappa shape index (κ2) is 11.0. The Balaban J connectivity index is 2.85. The van der Waals surface area contributed by atoms with Crippen LogP contribution in [0.1, 0.15) is 39.5 Å². The van der Waals surface area contributed by atoms with Gasteiger partial charge in [-0.3, -0.25) is 0 Å². The maximum Gasteiger partial charge on any atom is 0.0590 e. The van der Waals surface area contributed by atoms with Gasteiger partial charge in [0.05, 0.1) is 12.7 Å². The van der Waals surface area contributed by atoms with Gasteiger partial charge in [0.25, 0.3) is 0 Å². The van der Waals surface area contributed by atoms with E-state index in [1.807, 2.05) is 6.92 Å². The summed E-state index contributed by atoms with van der Waals surface area (Å²) >= 11 is 0. The van der Waals surface area contributed by atoms with Gasteiger partial charge < -0.3 is 15.2 Å². The van der Waals surface area contributed by atoms with Crippen LogP contribution in [-0.4, -0.2) is 37.5 Å². The summed E-state index contributed by atoms with van der Waals surface area (Å²) in [6, 6.07) is 0. The summed E-state index contributed by atoms with van der Waals surface area (Å²) in [7, 11) is 0. The minimum absolute atomic E-state index is 0.169. The molecule has 0 aliphatic carbocycles. The molecule has 0 spiro atoms. The average molecular weight is 203 g/mol. The fraction of sp³-hybridized carbons (Fsp3) is 1.00. The SMILES string of the molecule is CCCCOCCNCCCC(C)O. The highest BCUT2D eigenvalue weighted by atomic mass is 16.5. The Bertz CT molecular complexity index is 107. The molecular formula is C11H25NO2. The van der Waals surface area contributed by atoms with Gasteiger partial charge in [0.2, 0.25) is 0 Å². The second-order valence-corrected chi connectivity index (χ2v) is 3.71. The van der Waals surface area contributed by atoms with Gasteiger partial charge in [0.15, 0.2) is 0 Å². The van der Waals surface area contributed by atoms with Crippen molar-refractivity contribution in [1.29, 1.82) is 0 Å². The largest absolute Gasteiger partial charge is 0.393 e. The number of rotatable bonds is 10. The smallest absolute Gasteiger partial charge is 0.0590 e. The molecule has 0 rings (SSSR count). The van der Waals surface area contributed by atoms with Crippen molar-refractivity contribution in [1.82, 2.24) is 5.32 Å². The van der Waals surface area contributed by atoms with E-state index in [0.29, 0.717) is 0 Å². The first-order chi connectivity index (χ1) is 6.77. The van der Waals surface area contributed by atoms with Gasteiger partial charge >= 0.3 is 0 Å². The lowest BCUT2D eigenvalue weighted by Gasteiger charge is -2.06. The Labute approximate surface area is 87.8 Å². The van der Waals surface area contributed by atoms with E-state index in [1.165, 1.54) is 6.42 Å². The molecule has 0 saturated carbocycles. The van der Waals surface area contributed by atoms with E-state index in [1.54, 1.807) is 0 Å². The molecule has 0 aliphatic rings.